The Labute approximate surface area is 122 Å². The quantitative estimate of drug-likeness (QED) is 0.862. The van der Waals surface area contributed by atoms with Crippen molar-refractivity contribution in [3.8, 4) is 0 Å². The maximum atomic E-state index is 4.25. The van der Waals surface area contributed by atoms with Gasteiger partial charge in [0.25, 0.3) is 0 Å². The minimum absolute atomic E-state index is 0.607. The van der Waals surface area contributed by atoms with E-state index in [2.05, 4.69) is 41.3 Å². The highest BCUT2D eigenvalue weighted by molar-refractivity contribution is 4.96. The van der Waals surface area contributed by atoms with Crippen LogP contribution in [0.4, 0.5) is 0 Å². The van der Waals surface area contributed by atoms with Crippen molar-refractivity contribution < 1.29 is 0 Å². The summed E-state index contributed by atoms with van der Waals surface area (Å²) >= 11 is 0. The predicted octanol–water partition coefficient (Wildman–Crippen LogP) is 1.80. The number of nitrogens with one attached hydrogen (secondary N) is 1. The molecule has 5 heteroatoms. The van der Waals surface area contributed by atoms with Crippen molar-refractivity contribution in [2.45, 2.75) is 58.7 Å². The number of hydrogen-bond acceptors (Lipinski definition) is 4. The molecule has 0 saturated carbocycles. The van der Waals surface area contributed by atoms with Crippen LogP contribution < -0.4 is 5.32 Å². The highest BCUT2D eigenvalue weighted by Crippen LogP contribution is 2.21. The van der Waals surface area contributed by atoms with Crippen LogP contribution in [0.2, 0.25) is 0 Å². The molecule has 0 amide bonds. The Bertz CT molecular complexity index is 403. The molecule has 1 N–H and O–H groups in total. The summed E-state index contributed by atoms with van der Waals surface area (Å²) < 4.78 is 1.79. The Morgan fingerprint density at radius 3 is 2.85 bits per heavy atom. The van der Waals surface area contributed by atoms with Crippen molar-refractivity contribution in [2.24, 2.45) is 13.0 Å². The fourth-order valence-electron chi connectivity index (χ4n) is 3.13. The zero-order chi connectivity index (χ0) is 14.5. The monoisotopic (exact) mass is 279 g/mol. The first-order valence-electron chi connectivity index (χ1n) is 7.96. The fraction of sp³-hybridized carbons (Fsp3) is 0.867. The van der Waals surface area contributed by atoms with Crippen LogP contribution in [0.1, 0.15) is 45.7 Å². The lowest BCUT2D eigenvalue weighted by Crippen LogP contribution is -2.58. The summed E-state index contributed by atoms with van der Waals surface area (Å²) in [6.45, 7) is 10.0. The summed E-state index contributed by atoms with van der Waals surface area (Å²) in [6.07, 6.45) is 5.75. The molecule has 5 nitrogen and oxygen atoms in total. The third kappa shape index (κ3) is 3.79. The van der Waals surface area contributed by atoms with E-state index in [1.54, 1.807) is 4.68 Å². The molecule has 2 rings (SSSR count). The minimum atomic E-state index is 0.607. The van der Waals surface area contributed by atoms with Crippen LogP contribution >= 0.6 is 0 Å². The second-order valence-electron chi connectivity index (χ2n) is 6.16. The molecule has 1 aliphatic heterocycles. The second kappa shape index (κ2) is 7.18. The summed E-state index contributed by atoms with van der Waals surface area (Å²) in [6, 6.07) is 1.23. The Balaban J connectivity index is 2.04. The molecule has 2 heterocycles. The summed E-state index contributed by atoms with van der Waals surface area (Å²) in [4.78, 5) is 2.61. The van der Waals surface area contributed by atoms with Crippen LogP contribution in [-0.2, 0) is 13.6 Å². The molecule has 114 valence electrons. The van der Waals surface area contributed by atoms with Gasteiger partial charge in [0, 0.05) is 45.0 Å². The topological polar surface area (TPSA) is 46.0 Å². The van der Waals surface area contributed by atoms with Gasteiger partial charge >= 0.3 is 0 Å². The van der Waals surface area contributed by atoms with E-state index in [0.717, 1.165) is 25.3 Å². The van der Waals surface area contributed by atoms with Gasteiger partial charge in [0.1, 0.15) is 0 Å². The molecule has 0 aliphatic carbocycles. The van der Waals surface area contributed by atoms with E-state index in [1.165, 1.54) is 19.3 Å². The van der Waals surface area contributed by atoms with Crippen LogP contribution in [0.5, 0.6) is 0 Å². The third-order valence-electron chi connectivity index (χ3n) is 4.49. The van der Waals surface area contributed by atoms with Gasteiger partial charge in [-0.2, -0.15) is 0 Å². The molecule has 0 bridgehead atoms. The summed E-state index contributed by atoms with van der Waals surface area (Å²) in [5.41, 5.74) is 1.08. The van der Waals surface area contributed by atoms with Crippen molar-refractivity contribution in [1.82, 2.24) is 25.2 Å². The molecule has 1 aromatic rings. The standard InChI is InChI=1S/C15H29N5/c1-5-7-13-10-20(11-14-9-19(4)18-17-14)15(8-16-13)12(3)6-2/h9,12-13,15-16H,5-8,10-11H2,1-4H3. The van der Waals surface area contributed by atoms with Crippen LogP contribution in [-0.4, -0.2) is 45.1 Å². The maximum absolute atomic E-state index is 4.25. The van der Waals surface area contributed by atoms with E-state index in [1.807, 2.05) is 13.2 Å². The van der Waals surface area contributed by atoms with E-state index in [9.17, 15) is 0 Å². The first kappa shape index (κ1) is 15.4. The summed E-state index contributed by atoms with van der Waals surface area (Å²) in [5, 5.41) is 12.0. The molecule has 1 saturated heterocycles. The van der Waals surface area contributed by atoms with E-state index in [0.29, 0.717) is 18.0 Å². The van der Waals surface area contributed by atoms with Crippen molar-refractivity contribution in [3.05, 3.63) is 11.9 Å². The van der Waals surface area contributed by atoms with Gasteiger partial charge in [0.15, 0.2) is 0 Å². The van der Waals surface area contributed by atoms with E-state index >= 15 is 0 Å². The molecule has 20 heavy (non-hydrogen) atoms. The molecule has 0 aromatic carbocycles. The normalized spacial score (nSPS) is 25.8. The lowest BCUT2D eigenvalue weighted by molar-refractivity contribution is 0.0806. The lowest BCUT2D eigenvalue weighted by Gasteiger charge is -2.42. The van der Waals surface area contributed by atoms with Crippen molar-refractivity contribution in [1.29, 1.82) is 0 Å². The first-order valence-corrected chi connectivity index (χ1v) is 7.96. The van der Waals surface area contributed by atoms with E-state index < -0.39 is 0 Å². The van der Waals surface area contributed by atoms with Crippen LogP contribution in [0.3, 0.4) is 0 Å². The highest BCUT2D eigenvalue weighted by Gasteiger charge is 2.30. The molecule has 0 spiro atoms. The number of aromatic nitrogens is 3. The van der Waals surface area contributed by atoms with E-state index in [-0.39, 0.29) is 0 Å². The predicted molar refractivity (Wildman–Crippen MR) is 81.4 cm³/mol. The number of nitrogens with zero attached hydrogens (tertiary/aromatic N) is 4. The van der Waals surface area contributed by atoms with Crippen molar-refractivity contribution in [3.63, 3.8) is 0 Å². The Kier molecular flexibility index (Phi) is 5.54. The fourth-order valence-corrected chi connectivity index (χ4v) is 3.13. The lowest BCUT2D eigenvalue weighted by atomic mass is 9.93. The maximum Gasteiger partial charge on any atom is 0.0967 e. The number of hydrogen-bond donors (Lipinski definition) is 1. The van der Waals surface area contributed by atoms with Gasteiger partial charge in [0.2, 0.25) is 0 Å². The SMILES string of the molecule is CCCC1CN(Cc2cn(C)nn2)C(C(C)CC)CN1. The summed E-state index contributed by atoms with van der Waals surface area (Å²) in [5.74, 6) is 0.710. The zero-order valence-corrected chi connectivity index (χ0v) is 13.3. The van der Waals surface area contributed by atoms with Gasteiger partial charge in [0.05, 0.1) is 5.69 Å². The molecular formula is C15H29N5. The number of rotatable bonds is 6. The Morgan fingerprint density at radius 2 is 2.25 bits per heavy atom. The zero-order valence-electron chi connectivity index (χ0n) is 13.3. The summed E-state index contributed by atoms with van der Waals surface area (Å²) in [7, 11) is 1.93. The van der Waals surface area contributed by atoms with Gasteiger partial charge in [-0.15, -0.1) is 5.10 Å². The molecule has 3 atom stereocenters. The average Bonchev–Trinajstić information content (AvgIpc) is 2.84. The van der Waals surface area contributed by atoms with Gasteiger partial charge < -0.3 is 5.32 Å². The molecule has 1 aliphatic rings. The molecular weight excluding hydrogens is 250 g/mol. The van der Waals surface area contributed by atoms with Crippen molar-refractivity contribution >= 4 is 0 Å². The Morgan fingerprint density at radius 1 is 1.45 bits per heavy atom. The Hall–Kier alpha value is -0.940. The van der Waals surface area contributed by atoms with E-state index in [4.69, 9.17) is 0 Å². The molecule has 1 fully saturated rings. The molecule has 0 radical (unpaired) electrons. The number of aryl methyl sites for hydroxylation is 1. The van der Waals surface area contributed by atoms with Crippen LogP contribution in [0.25, 0.3) is 0 Å². The first-order chi connectivity index (χ1) is 9.63. The molecule has 1 aromatic heterocycles. The van der Waals surface area contributed by atoms with Crippen LogP contribution in [0.15, 0.2) is 6.20 Å². The molecule has 3 unspecified atom stereocenters. The van der Waals surface area contributed by atoms with Gasteiger partial charge in [-0.3, -0.25) is 9.58 Å². The minimum Gasteiger partial charge on any atom is -0.311 e. The largest absolute Gasteiger partial charge is 0.311 e. The second-order valence-corrected chi connectivity index (χ2v) is 6.16. The average molecular weight is 279 g/mol. The smallest absolute Gasteiger partial charge is 0.0967 e. The van der Waals surface area contributed by atoms with Crippen LogP contribution in [0, 0.1) is 5.92 Å². The third-order valence-corrected chi connectivity index (χ3v) is 4.49. The van der Waals surface area contributed by atoms with Gasteiger partial charge in [-0.25, -0.2) is 0 Å². The van der Waals surface area contributed by atoms with Crippen molar-refractivity contribution in [2.75, 3.05) is 13.1 Å². The van der Waals surface area contributed by atoms with Gasteiger partial charge in [-0.05, 0) is 12.3 Å². The number of piperazine rings is 1. The van der Waals surface area contributed by atoms with Gasteiger partial charge in [-0.1, -0.05) is 38.8 Å². The highest BCUT2D eigenvalue weighted by atomic mass is 15.4.